The summed E-state index contributed by atoms with van der Waals surface area (Å²) in [4.78, 5) is 22.8. The summed E-state index contributed by atoms with van der Waals surface area (Å²) < 4.78 is 12.3. The van der Waals surface area contributed by atoms with Crippen molar-refractivity contribution in [3.05, 3.63) is 46.7 Å². The molecule has 1 fully saturated rings. The first kappa shape index (κ1) is 17.7. The molecule has 25 heavy (non-hydrogen) atoms. The SMILES string of the molecule is CC(C)Oc1ccc(C(=O)N2CCC(Oc3ccc(Br)cn3)C2)cn1. The third kappa shape index (κ3) is 4.69. The summed E-state index contributed by atoms with van der Waals surface area (Å²) in [7, 11) is 0. The van der Waals surface area contributed by atoms with Crippen molar-refractivity contribution in [2.45, 2.75) is 32.5 Å². The van der Waals surface area contributed by atoms with E-state index in [4.69, 9.17) is 9.47 Å². The van der Waals surface area contributed by atoms with E-state index in [2.05, 4.69) is 25.9 Å². The number of hydrogen-bond donors (Lipinski definition) is 0. The highest BCUT2D eigenvalue weighted by Crippen LogP contribution is 2.20. The molecule has 0 aromatic carbocycles. The number of likely N-dealkylation sites (tertiary alicyclic amines) is 1. The maximum atomic E-state index is 12.6. The van der Waals surface area contributed by atoms with Gasteiger partial charge in [0.15, 0.2) is 0 Å². The summed E-state index contributed by atoms with van der Waals surface area (Å²) in [6.45, 7) is 5.07. The van der Waals surface area contributed by atoms with Crippen LogP contribution >= 0.6 is 15.9 Å². The smallest absolute Gasteiger partial charge is 0.255 e. The molecule has 0 saturated carbocycles. The quantitative estimate of drug-likeness (QED) is 0.763. The van der Waals surface area contributed by atoms with Gasteiger partial charge in [-0.3, -0.25) is 4.79 Å². The van der Waals surface area contributed by atoms with Crippen molar-refractivity contribution < 1.29 is 14.3 Å². The van der Waals surface area contributed by atoms with Gasteiger partial charge in [0.1, 0.15) is 6.10 Å². The summed E-state index contributed by atoms with van der Waals surface area (Å²) in [6, 6.07) is 7.17. The third-order valence-electron chi connectivity index (χ3n) is 3.76. The Hall–Kier alpha value is -2.15. The van der Waals surface area contributed by atoms with E-state index in [1.807, 2.05) is 26.0 Å². The van der Waals surface area contributed by atoms with Crippen LogP contribution in [0.15, 0.2) is 41.1 Å². The van der Waals surface area contributed by atoms with Gasteiger partial charge in [-0.1, -0.05) is 0 Å². The average molecular weight is 406 g/mol. The second-order valence-corrected chi connectivity index (χ2v) is 7.06. The van der Waals surface area contributed by atoms with Crippen LogP contribution in [0.4, 0.5) is 0 Å². The molecule has 3 rings (SSSR count). The minimum Gasteiger partial charge on any atom is -0.475 e. The molecule has 2 aromatic heterocycles. The van der Waals surface area contributed by atoms with E-state index in [-0.39, 0.29) is 18.1 Å². The van der Waals surface area contributed by atoms with Gasteiger partial charge in [-0.25, -0.2) is 9.97 Å². The number of rotatable bonds is 5. The molecule has 1 atom stereocenters. The maximum absolute atomic E-state index is 12.6. The Labute approximate surface area is 155 Å². The topological polar surface area (TPSA) is 64.5 Å². The Kier molecular flexibility index (Phi) is 5.53. The molecule has 1 unspecified atom stereocenters. The van der Waals surface area contributed by atoms with Crippen molar-refractivity contribution in [1.82, 2.24) is 14.9 Å². The van der Waals surface area contributed by atoms with Crippen LogP contribution in [-0.4, -0.2) is 46.1 Å². The standard InChI is InChI=1S/C18H20BrN3O3/c1-12(2)24-16-5-3-13(9-20-16)18(23)22-8-7-15(11-22)25-17-6-4-14(19)10-21-17/h3-6,9-10,12,15H,7-8,11H2,1-2H3. The summed E-state index contributed by atoms with van der Waals surface area (Å²) in [5.74, 6) is 1.05. The molecule has 7 heteroatoms. The number of halogens is 1. The molecule has 0 bridgehead atoms. The van der Waals surface area contributed by atoms with Gasteiger partial charge < -0.3 is 14.4 Å². The van der Waals surface area contributed by atoms with Gasteiger partial charge in [-0.2, -0.15) is 0 Å². The largest absolute Gasteiger partial charge is 0.475 e. The predicted molar refractivity (Wildman–Crippen MR) is 96.9 cm³/mol. The number of carbonyl (C=O) groups excluding carboxylic acids is 1. The number of amides is 1. The van der Waals surface area contributed by atoms with Crippen molar-refractivity contribution in [3.8, 4) is 11.8 Å². The van der Waals surface area contributed by atoms with Crippen LogP contribution in [-0.2, 0) is 0 Å². The highest BCUT2D eigenvalue weighted by atomic mass is 79.9. The fraction of sp³-hybridized carbons (Fsp3) is 0.389. The first-order chi connectivity index (χ1) is 12.0. The summed E-state index contributed by atoms with van der Waals surface area (Å²) in [6.07, 6.45) is 4.04. The number of carbonyl (C=O) groups is 1. The highest BCUT2D eigenvalue weighted by Gasteiger charge is 2.28. The average Bonchev–Trinajstić information content (AvgIpc) is 3.05. The lowest BCUT2D eigenvalue weighted by molar-refractivity contribution is 0.0770. The van der Waals surface area contributed by atoms with Gasteiger partial charge in [0.25, 0.3) is 5.91 Å². The second kappa shape index (κ2) is 7.82. The lowest BCUT2D eigenvalue weighted by atomic mass is 10.2. The van der Waals surface area contributed by atoms with Crippen molar-refractivity contribution in [1.29, 1.82) is 0 Å². The van der Waals surface area contributed by atoms with Crippen LogP contribution in [0.1, 0.15) is 30.6 Å². The zero-order valence-corrected chi connectivity index (χ0v) is 15.8. The molecule has 1 aliphatic rings. The van der Waals surface area contributed by atoms with Gasteiger partial charge >= 0.3 is 0 Å². The van der Waals surface area contributed by atoms with Gasteiger partial charge in [0, 0.05) is 42.0 Å². The zero-order valence-electron chi connectivity index (χ0n) is 14.2. The van der Waals surface area contributed by atoms with Crippen LogP contribution in [0, 0.1) is 0 Å². The molecule has 1 amide bonds. The van der Waals surface area contributed by atoms with E-state index in [9.17, 15) is 4.79 Å². The first-order valence-electron chi connectivity index (χ1n) is 8.21. The van der Waals surface area contributed by atoms with E-state index >= 15 is 0 Å². The van der Waals surface area contributed by atoms with Crippen molar-refractivity contribution in [2.75, 3.05) is 13.1 Å². The molecule has 3 heterocycles. The second-order valence-electron chi connectivity index (χ2n) is 6.15. The molecule has 1 aliphatic heterocycles. The molecular weight excluding hydrogens is 386 g/mol. The predicted octanol–water partition coefficient (Wildman–Crippen LogP) is 3.32. The lowest BCUT2D eigenvalue weighted by Gasteiger charge is -2.17. The molecule has 0 aliphatic carbocycles. The van der Waals surface area contributed by atoms with Gasteiger partial charge in [-0.05, 0) is 41.9 Å². The molecule has 0 radical (unpaired) electrons. The number of aromatic nitrogens is 2. The minimum atomic E-state index is -0.0471. The normalized spacial score (nSPS) is 17.0. The number of nitrogens with zero attached hydrogens (tertiary/aromatic N) is 3. The van der Waals surface area contributed by atoms with Crippen LogP contribution < -0.4 is 9.47 Å². The molecule has 2 aromatic rings. The monoisotopic (exact) mass is 405 g/mol. The highest BCUT2D eigenvalue weighted by molar-refractivity contribution is 9.10. The summed E-state index contributed by atoms with van der Waals surface area (Å²) in [5.41, 5.74) is 0.554. The fourth-order valence-electron chi connectivity index (χ4n) is 2.61. The Morgan fingerprint density at radius 1 is 1.20 bits per heavy atom. The zero-order chi connectivity index (χ0) is 17.8. The Bertz CT molecular complexity index is 719. The fourth-order valence-corrected chi connectivity index (χ4v) is 2.85. The third-order valence-corrected chi connectivity index (χ3v) is 4.23. The van der Waals surface area contributed by atoms with Crippen molar-refractivity contribution >= 4 is 21.8 Å². The van der Waals surface area contributed by atoms with E-state index in [0.29, 0.717) is 30.4 Å². The molecule has 0 N–H and O–H groups in total. The molecule has 0 spiro atoms. The summed E-state index contributed by atoms with van der Waals surface area (Å²) >= 11 is 3.34. The minimum absolute atomic E-state index is 0.0431. The van der Waals surface area contributed by atoms with E-state index in [1.165, 1.54) is 0 Å². The van der Waals surface area contributed by atoms with Crippen LogP contribution in [0.5, 0.6) is 11.8 Å². The Morgan fingerprint density at radius 3 is 2.60 bits per heavy atom. The van der Waals surface area contributed by atoms with Crippen LogP contribution in [0.2, 0.25) is 0 Å². The van der Waals surface area contributed by atoms with E-state index in [1.54, 1.807) is 29.4 Å². The molecule has 132 valence electrons. The number of pyridine rings is 2. The Balaban J connectivity index is 1.57. The van der Waals surface area contributed by atoms with Crippen molar-refractivity contribution in [2.24, 2.45) is 0 Å². The van der Waals surface area contributed by atoms with E-state index < -0.39 is 0 Å². The lowest BCUT2D eigenvalue weighted by Crippen LogP contribution is -2.31. The van der Waals surface area contributed by atoms with Crippen LogP contribution in [0.25, 0.3) is 0 Å². The van der Waals surface area contributed by atoms with E-state index in [0.717, 1.165) is 10.9 Å². The van der Waals surface area contributed by atoms with Crippen molar-refractivity contribution in [3.63, 3.8) is 0 Å². The first-order valence-corrected chi connectivity index (χ1v) is 9.01. The van der Waals surface area contributed by atoms with Crippen LogP contribution in [0.3, 0.4) is 0 Å². The number of hydrogen-bond acceptors (Lipinski definition) is 5. The molecule has 1 saturated heterocycles. The van der Waals surface area contributed by atoms with Gasteiger partial charge in [-0.15, -0.1) is 0 Å². The maximum Gasteiger partial charge on any atom is 0.255 e. The number of ether oxygens (including phenoxy) is 2. The summed E-state index contributed by atoms with van der Waals surface area (Å²) in [5, 5.41) is 0. The van der Waals surface area contributed by atoms with Gasteiger partial charge in [0.2, 0.25) is 11.8 Å². The van der Waals surface area contributed by atoms with Gasteiger partial charge in [0.05, 0.1) is 18.2 Å². The Morgan fingerprint density at radius 2 is 1.96 bits per heavy atom. The molecular formula is C18H20BrN3O3. The molecule has 6 nitrogen and oxygen atoms in total.